The largest absolute Gasteiger partial charge is 0.426 e. The van der Waals surface area contributed by atoms with Gasteiger partial charge in [-0.1, -0.05) is 60.3 Å². The summed E-state index contributed by atoms with van der Waals surface area (Å²) in [4.78, 5) is 31.6. The molecule has 5 nitrogen and oxygen atoms in total. The number of carbonyl (C=O) groups excluding carboxylic acids is 1. The minimum absolute atomic E-state index is 0.115. The van der Waals surface area contributed by atoms with Crippen molar-refractivity contribution in [3.05, 3.63) is 87.3 Å². The molecule has 3 rings (SSSR count). The summed E-state index contributed by atoms with van der Waals surface area (Å²) in [5.74, 6) is 0.186. The number of hydrogen-bond acceptors (Lipinski definition) is 5. The van der Waals surface area contributed by atoms with Gasteiger partial charge in [0.2, 0.25) is 0 Å². The van der Waals surface area contributed by atoms with Gasteiger partial charge < -0.3 is 9.72 Å². The lowest BCUT2D eigenvalue weighted by atomic mass is 10.0. The standard InChI is InChI=1S/C22H22N2O3S/c1-15-18(21(26)24-22(23-15)28-2)12-13-20(25)27-19-11-7-6-10-17(19)14-16-8-4-3-5-9-16/h3-11H,12-14H2,1-2H3,(H,23,24,26). The van der Waals surface area contributed by atoms with Crippen LogP contribution in [0.5, 0.6) is 5.75 Å². The third kappa shape index (κ3) is 5.10. The quantitative estimate of drug-likeness (QED) is 0.285. The van der Waals surface area contributed by atoms with E-state index in [9.17, 15) is 9.59 Å². The molecule has 0 amide bonds. The smallest absolute Gasteiger partial charge is 0.311 e. The molecule has 0 spiro atoms. The molecular weight excluding hydrogens is 372 g/mol. The van der Waals surface area contributed by atoms with E-state index < -0.39 is 0 Å². The van der Waals surface area contributed by atoms with Crippen LogP contribution in [0.15, 0.2) is 64.5 Å². The van der Waals surface area contributed by atoms with Crippen molar-refractivity contribution in [3.8, 4) is 5.75 Å². The van der Waals surface area contributed by atoms with Gasteiger partial charge in [0.25, 0.3) is 5.56 Å². The molecule has 1 heterocycles. The number of aromatic amines is 1. The topological polar surface area (TPSA) is 72.0 Å². The van der Waals surface area contributed by atoms with E-state index in [0.717, 1.165) is 11.1 Å². The molecule has 0 aliphatic heterocycles. The number of para-hydroxylation sites is 1. The van der Waals surface area contributed by atoms with Crippen molar-refractivity contribution >= 4 is 17.7 Å². The SMILES string of the molecule is CSc1nc(C)c(CCC(=O)Oc2ccccc2Cc2ccccc2)c(=O)[nH]1. The Kier molecular flexibility index (Phi) is 6.66. The fourth-order valence-corrected chi connectivity index (χ4v) is 3.36. The summed E-state index contributed by atoms with van der Waals surface area (Å²) in [6.07, 6.45) is 2.94. The van der Waals surface area contributed by atoms with Gasteiger partial charge in [-0.3, -0.25) is 9.59 Å². The molecule has 0 saturated heterocycles. The second-order valence-corrected chi connectivity index (χ2v) is 7.18. The van der Waals surface area contributed by atoms with Crippen LogP contribution < -0.4 is 10.3 Å². The monoisotopic (exact) mass is 394 g/mol. The van der Waals surface area contributed by atoms with Crippen LogP contribution in [0.4, 0.5) is 0 Å². The molecule has 0 radical (unpaired) electrons. The molecule has 0 aliphatic carbocycles. The van der Waals surface area contributed by atoms with Crippen LogP contribution in [0.25, 0.3) is 0 Å². The number of hydrogen-bond donors (Lipinski definition) is 1. The number of esters is 1. The second-order valence-electron chi connectivity index (χ2n) is 6.38. The molecule has 0 atom stereocenters. The van der Waals surface area contributed by atoms with Gasteiger partial charge >= 0.3 is 5.97 Å². The Hall–Kier alpha value is -2.86. The maximum Gasteiger partial charge on any atom is 0.311 e. The van der Waals surface area contributed by atoms with Crippen LogP contribution in [0.1, 0.15) is 28.8 Å². The second kappa shape index (κ2) is 9.37. The minimum Gasteiger partial charge on any atom is -0.426 e. The lowest BCUT2D eigenvalue weighted by Crippen LogP contribution is -2.19. The molecule has 144 valence electrons. The van der Waals surface area contributed by atoms with E-state index in [1.165, 1.54) is 11.8 Å². The number of nitrogens with zero attached hydrogens (tertiary/aromatic N) is 1. The summed E-state index contributed by atoms with van der Waals surface area (Å²) in [5, 5.41) is 0.573. The van der Waals surface area contributed by atoms with Crippen LogP contribution in [-0.4, -0.2) is 22.2 Å². The van der Waals surface area contributed by atoms with Crippen molar-refractivity contribution in [2.45, 2.75) is 31.3 Å². The predicted octanol–water partition coefficient (Wildman–Crippen LogP) is 3.93. The third-order valence-corrected chi connectivity index (χ3v) is 4.99. The number of nitrogens with one attached hydrogen (secondary N) is 1. The van der Waals surface area contributed by atoms with E-state index in [1.807, 2.05) is 54.8 Å². The summed E-state index contributed by atoms with van der Waals surface area (Å²) in [6.45, 7) is 1.78. The van der Waals surface area contributed by atoms with Crippen molar-refractivity contribution in [1.82, 2.24) is 9.97 Å². The van der Waals surface area contributed by atoms with E-state index in [4.69, 9.17) is 4.74 Å². The molecule has 1 aromatic heterocycles. The lowest BCUT2D eigenvalue weighted by Gasteiger charge is -2.11. The maximum atomic E-state index is 12.4. The van der Waals surface area contributed by atoms with Gasteiger partial charge in [0.1, 0.15) is 5.75 Å². The fourth-order valence-electron chi connectivity index (χ4n) is 2.94. The molecule has 0 saturated carbocycles. The molecule has 0 bridgehead atoms. The van der Waals surface area contributed by atoms with E-state index in [0.29, 0.717) is 35.0 Å². The van der Waals surface area contributed by atoms with Crippen molar-refractivity contribution in [2.75, 3.05) is 6.26 Å². The molecule has 0 aliphatic rings. The number of aryl methyl sites for hydroxylation is 1. The third-order valence-electron chi connectivity index (χ3n) is 4.41. The normalized spacial score (nSPS) is 10.6. The van der Waals surface area contributed by atoms with Gasteiger partial charge in [-0.05, 0) is 36.8 Å². The van der Waals surface area contributed by atoms with Crippen LogP contribution in [0.2, 0.25) is 0 Å². The molecule has 28 heavy (non-hydrogen) atoms. The van der Waals surface area contributed by atoms with Gasteiger partial charge in [0.05, 0.1) is 6.42 Å². The average Bonchev–Trinajstić information content (AvgIpc) is 2.69. The highest BCUT2D eigenvalue weighted by Gasteiger charge is 2.13. The van der Waals surface area contributed by atoms with Crippen LogP contribution >= 0.6 is 11.8 Å². The Labute approximate surface area is 168 Å². The van der Waals surface area contributed by atoms with E-state index in [-0.39, 0.29) is 17.9 Å². The molecule has 6 heteroatoms. The van der Waals surface area contributed by atoms with Crippen LogP contribution in [0, 0.1) is 6.92 Å². The Morgan fingerprint density at radius 3 is 2.54 bits per heavy atom. The zero-order valence-electron chi connectivity index (χ0n) is 15.9. The molecule has 2 aromatic carbocycles. The zero-order valence-corrected chi connectivity index (χ0v) is 16.7. The summed E-state index contributed by atoms with van der Waals surface area (Å²) >= 11 is 1.38. The molecular formula is C22H22N2O3S. The van der Waals surface area contributed by atoms with E-state index in [1.54, 1.807) is 13.0 Å². The first-order chi connectivity index (χ1) is 13.6. The van der Waals surface area contributed by atoms with Gasteiger partial charge in [-0.2, -0.15) is 0 Å². The highest BCUT2D eigenvalue weighted by molar-refractivity contribution is 7.98. The Morgan fingerprint density at radius 1 is 1.11 bits per heavy atom. The van der Waals surface area contributed by atoms with Gasteiger partial charge in [-0.15, -0.1) is 0 Å². The molecule has 1 N–H and O–H groups in total. The van der Waals surface area contributed by atoms with Crippen molar-refractivity contribution < 1.29 is 9.53 Å². The first kappa shape index (κ1) is 19.9. The summed E-state index contributed by atoms with van der Waals surface area (Å²) in [7, 11) is 0. The molecule has 0 unspecified atom stereocenters. The first-order valence-electron chi connectivity index (χ1n) is 9.03. The lowest BCUT2D eigenvalue weighted by molar-refractivity contribution is -0.134. The summed E-state index contributed by atoms with van der Waals surface area (Å²) in [5.41, 5.74) is 3.06. The number of ether oxygens (including phenoxy) is 1. The van der Waals surface area contributed by atoms with Crippen molar-refractivity contribution in [3.63, 3.8) is 0 Å². The van der Waals surface area contributed by atoms with Gasteiger partial charge in [0, 0.05) is 17.7 Å². The van der Waals surface area contributed by atoms with E-state index >= 15 is 0 Å². The Morgan fingerprint density at radius 2 is 1.82 bits per heavy atom. The molecule has 3 aromatic rings. The number of rotatable bonds is 7. The minimum atomic E-state index is -0.367. The number of aromatic nitrogens is 2. The Balaban J connectivity index is 1.67. The van der Waals surface area contributed by atoms with Crippen LogP contribution in [0.3, 0.4) is 0 Å². The number of thioether (sulfide) groups is 1. The van der Waals surface area contributed by atoms with E-state index in [2.05, 4.69) is 9.97 Å². The van der Waals surface area contributed by atoms with Crippen LogP contribution in [-0.2, 0) is 17.6 Å². The fraction of sp³-hybridized carbons (Fsp3) is 0.227. The average molecular weight is 394 g/mol. The highest BCUT2D eigenvalue weighted by atomic mass is 32.2. The summed E-state index contributed by atoms with van der Waals surface area (Å²) in [6, 6.07) is 17.5. The van der Waals surface area contributed by atoms with Crippen molar-refractivity contribution in [2.24, 2.45) is 0 Å². The first-order valence-corrected chi connectivity index (χ1v) is 10.3. The maximum absolute atomic E-state index is 12.4. The number of benzene rings is 2. The number of H-pyrrole nitrogens is 1. The number of carbonyl (C=O) groups is 1. The van der Waals surface area contributed by atoms with Crippen molar-refractivity contribution in [1.29, 1.82) is 0 Å². The molecule has 0 fully saturated rings. The summed E-state index contributed by atoms with van der Waals surface area (Å²) < 4.78 is 5.59. The highest BCUT2D eigenvalue weighted by Crippen LogP contribution is 2.22. The zero-order chi connectivity index (χ0) is 19.9. The van der Waals surface area contributed by atoms with Gasteiger partial charge in [0.15, 0.2) is 5.16 Å². The Bertz CT molecular complexity index is 1020. The van der Waals surface area contributed by atoms with Gasteiger partial charge in [-0.25, -0.2) is 4.98 Å². The predicted molar refractivity (Wildman–Crippen MR) is 111 cm³/mol.